The lowest BCUT2D eigenvalue weighted by atomic mass is 10.1. The minimum absolute atomic E-state index is 0.371. The summed E-state index contributed by atoms with van der Waals surface area (Å²) >= 11 is 0. The van der Waals surface area contributed by atoms with Gasteiger partial charge in [-0.3, -0.25) is 4.90 Å². The molecule has 22 heavy (non-hydrogen) atoms. The number of hydrogen-bond acceptors (Lipinski definition) is 4. The van der Waals surface area contributed by atoms with E-state index in [2.05, 4.69) is 51.2 Å². The fraction of sp³-hybridized carbons (Fsp3) is 0.389. The monoisotopic (exact) mass is 294 g/mol. The van der Waals surface area contributed by atoms with Gasteiger partial charge in [0.2, 0.25) is 0 Å². The first-order chi connectivity index (χ1) is 10.8. The van der Waals surface area contributed by atoms with Crippen LogP contribution in [-0.4, -0.2) is 35.1 Å². The molecule has 4 heteroatoms. The molecule has 2 fully saturated rings. The Morgan fingerprint density at radius 1 is 1.05 bits per heavy atom. The van der Waals surface area contributed by atoms with Gasteiger partial charge < -0.3 is 10.6 Å². The van der Waals surface area contributed by atoms with Gasteiger partial charge in [-0.2, -0.15) is 0 Å². The molecular formula is C18H22N4. The van der Waals surface area contributed by atoms with Crippen LogP contribution in [0.2, 0.25) is 0 Å². The van der Waals surface area contributed by atoms with Crippen molar-refractivity contribution in [3.63, 3.8) is 0 Å². The highest BCUT2D eigenvalue weighted by Gasteiger charge is 2.51. The Hall–Kier alpha value is -2.07. The standard InChI is InChI=1S/C18H22N4/c19-17-7-6-16(12-20-17)21-10-11-22(18(14-21)8-9-18)13-15-4-2-1-3-5-15/h1-7,12H,8-11,13-14H2,(H2,19,20). The first-order valence-electron chi connectivity index (χ1n) is 8.01. The van der Waals surface area contributed by atoms with Gasteiger partial charge in [0.05, 0.1) is 11.9 Å². The van der Waals surface area contributed by atoms with E-state index in [-0.39, 0.29) is 0 Å². The largest absolute Gasteiger partial charge is 0.384 e. The zero-order chi connectivity index (χ0) is 15.0. The third-order valence-electron chi connectivity index (χ3n) is 4.98. The predicted octanol–water partition coefficient (Wildman–Crippen LogP) is 2.52. The molecule has 4 nitrogen and oxygen atoms in total. The molecule has 2 aromatic rings. The van der Waals surface area contributed by atoms with Crippen molar-refractivity contribution in [1.29, 1.82) is 0 Å². The fourth-order valence-electron chi connectivity index (χ4n) is 3.49. The van der Waals surface area contributed by atoms with Crippen molar-refractivity contribution in [3.05, 3.63) is 54.2 Å². The van der Waals surface area contributed by atoms with E-state index >= 15 is 0 Å². The van der Waals surface area contributed by atoms with E-state index < -0.39 is 0 Å². The van der Waals surface area contributed by atoms with E-state index in [0.29, 0.717) is 11.4 Å². The number of anilines is 2. The van der Waals surface area contributed by atoms with Gasteiger partial charge in [0.15, 0.2) is 0 Å². The number of nitrogen functional groups attached to an aromatic ring is 1. The Morgan fingerprint density at radius 3 is 2.55 bits per heavy atom. The lowest BCUT2D eigenvalue weighted by molar-refractivity contribution is 0.149. The number of nitrogens with zero attached hydrogens (tertiary/aromatic N) is 3. The van der Waals surface area contributed by atoms with Crippen LogP contribution < -0.4 is 10.6 Å². The number of aromatic nitrogens is 1. The zero-order valence-electron chi connectivity index (χ0n) is 12.8. The van der Waals surface area contributed by atoms with Gasteiger partial charge in [0.25, 0.3) is 0 Å². The van der Waals surface area contributed by atoms with Crippen LogP contribution in [0.15, 0.2) is 48.7 Å². The molecule has 1 spiro atoms. The van der Waals surface area contributed by atoms with Crippen LogP contribution in [0.3, 0.4) is 0 Å². The van der Waals surface area contributed by atoms with Crippen LogP contribution in [-0.2, 0) is 6.54 Å². The molecule has 2 aliphatic rings. The molecule has 1 aromatic carbocycles. The second kappa shape index (κ2) is 5.29. The summed E-state index contributed by atoms with van der Waals surface area (Å²) in [5, 5.41) is 0. The van der Waals surface area contributed by atoms with Crippen LogP contribution >= 0.6 is 0 Å². The second-order valence-corrected chi connectivity index (χ2v) is 6.49. The molecule has 2 N–H and O–H groups in total. The van der Waals surface area contributed by atoms with E-state index in [0.717, 1.165) is 26.2 Å². The van der Waals surface area contributed by atoms with Crippen molar-refractivity contribution in [2.24, 2.45) is 0 Å². The number of benzene rings is 1. The summed E-state index contributed by atoms with van der Waals surface area (Å²) in [5.74, 6) is 0.590. The second-order valence-electron chi connectivity index (χ2n) is 6.49. The Kier molecular flexibility index (Phi) is 3.26. The van der Waals surface area contributed by atoms with Gasteiger partial charge in [0, 0.05) is 31.7 Å². The van der Waals surface area contributed by atoms with Gasteiger partial charge in [-0.1, -0.05) is 30.3 Å². The summed E-state index contributed by atoms with van der Waals surface area (Å²) < 4.78 is 0. The maximum atomic E-state index is 5.69. The molecule has 1 aliphatic heterocycles. The van der Waals surface area contributed by atoms with E-state index in [1.54, 1.807) is 0 Å². The molecule has 0 unspecified atom stereocenters. The van der Waals surface area contributed by atoms with Crippen molar-refractivity contribution in [1.82, 2.24) is 9.88 Å². The Balaban J connectivity index is 1.48. The molecule has 0 radical (unpaired) electrons. The molecule has 1 aromatic heterocycles. The lowest BCUT2D eigenvalue weighted by Gasteiger charge is -2.43. The van der Waals surface area contributed by atoms with E-state index in [9.17, 15) is 0 Å². The third-order valence-corrected chi connectivity index (χ3v) is 4.98. The molecule has 4 rings (SSSR count). The highest BCUT2D eigenvalue weighted by Crippen LogP contribution is 2.45. The lowest BCUT2D eigenvalue weighted by Crippen LogP contribution is -2.54. The quantitative estimate of drug-likeness (QED) is 0.945. The van der Waals surface area contributed by atoms with Crippen molar-refractivity contribution < 1.29 is 0 Å². The molecule has 1 aliphatic carbocycles. The molecule has 0 atom stereocenters. The fourth-order valence-corrected chi connectivity index (χ4v) is 3.49. The summed E-state index contributed by atoms with van der Waals surface area (Å²) in [6.07, 6.45) is 4.51. The minimum atomic E-state index is 0.371. The normalized spacial score (nSPS) is 20.3. The topological polar surface area (TPSA) is 45.4 Å². The van der Waals surface area contributed by atoms with Gasteiger partial charge >= 0.3 is 0 Å². The molecule has 114 valence electrons. The number of pyridine rings is 1. The first-order valence-corrected chi connectivity index (χ1v) is 8.01. The first kappa shape index (κ1) is 13.6. The molecule has 0 bridgehead atoms. The summed E-state index contributed by atoms with van der Waals surface area (Å²) in [6, 6.07) is 14.8. The van der Waals surface area contributed by atoms with Crippen molar-refractivity contribution in [3.8, 4) is 0 Å². The number of piperazine rings is 1. The van der Waals surface area contributed by atoms with Crippen molar-refractivity contribution in [2.45, 2.75) is 24.9 Å². The molecule has 2 heterocycles. The Labute approximate surface area is 131 Å². The number of nitrogens with two attached hydrogens (primary N) is 1. The van der Waals surface area contributed by atoms with Crippen molar-refractivity contribution in [2.75, 3.05) is 30.3 Å². The van der Waals surface area contributed by atoms with Gasteiger partial charge in [-0.15, -0.1) is 0 Å². The zero-order valence-corrected chi connectivity index (χ0v) is 12.8. The highest BCUT2D eigenvalue weighted by molar-refractivity contribution is 5.49. The summed E-state index contributed by atoms with van der Waals surface area (Å²) in [4.78, 5) is 9.36. The van der Waals surface area contributed by atoms with E-state index in [4.69, 9.17) is 5.73 Å². The third kappa shape index (κ3) is 2.55. The Bertz CT molecular complexity index is 634. The summed E-state index contributed by atoms with van der Waals surface area (Å²) in [7, 11) is 0. The smallest absolute Gasteiger partial charge is 0.123 e. The summed E-state index contributed by atoms with van der Waals surface area (Å²) in [5.41, 5.74) is 8.67. The average Bonchev–Trinajstić information content (AvgIpc) is 3.31. The molecular weight excluding hydrogens is 272 g/mol. The van der Waals surface area contributed by atoms with Crippen LogP contribution in [0.25, 0.3) is 0 Å². The summed E-state index contributed by atoms with van der Waals surface area (Å²) in [6.45, 7) is 4.33. The highest BCUT2D eigenvalue weighted by atomic mass is 15.3. The SMILES string of the molecule is Nc1ccc(N2CCN(Cc3ccccc3)C3(CC3)C2)cn1. The average molecular weight is 294 g/mol. The van der Waals surface area contributed by atoms with Gasteiger partial charge in [-0.05, 0) is 30.5 Å². The van der Waals surface area contributed by atoms with Crippen LogP contribution in [0.1, 0.15) is 18.4 Å². The molecule has 1 saturated carbocycles. The van der Waals surface area contributed by atoms with Crippen LogP contribution in [0, 0.1) is 0 Å². The molecule has 1 saturated heterocycles. The number of rotatable bonds is 3. The maximum Gasteiger partial charge on any atom is 0.123 e. The number of hydrogen-bond donors (Lipinski definition) is 1. The maximum absolute atomic E-state index is 5.69. The van der Waals surface area contributed by atoms with Gasteiger partial charge in [0.1, 0.15) is 5.82 Å². The van der Waals surface area contributed by atoms with Crippen LogP contribution in [0.4, 0.5) is 11.5 Å². The minimum Gasteiger partial charge on any atom is -0.384 e. The Morgan fingerprint density at radius 2 is 1.86 bits per heavy atom. The predicted molar refractivity (Wildman–Crippen MR) is 89.7 cm³/mol. The van der Waals surface area contributed by atoms with Crippen LogP contribution in [0.5, 0.6) is 0 Å². The van der Waals surface area contributed by atoms with E-state index in [1.807, 2.05) is 12.3 Å². The van der Waals surface area contributed by atoms with E-state index in [1.165, 1.54) is 24.1 Å². The van der Waals surface area contributed by atoms with Crippen molar-refractivity contribution >= 4 is 11.5 Å². The van der Waals surface area contributed by atoms with Gasteiger partial charge in [-0.25, -0.2) is 4.98 Å². The molecule has 0 amide bonds.